The summed E-state index contributed by atoms with van der Waals surface area (Å²) in [6, 6.07) is 3.20. The molecule has 0 heterocycles. The highest BCUT2D eigenvalue weighted by Crippen LogP contribution is 2.60. The molecule has 1 unspecified atom stereocenters. The number of rotatable bonds is 4. The van der Waals surface area contributed by atoms with Gasteiger partial charge in [-0.15, -0.1) is 0 Å². The first-order chi connectivity index (χ1) is 13.5. The van der Waals surface area contributed by atoms with Crippen molar-refractivity contribution in [2.45, 2.75) is 44.2 Å². The van der Waals surface area contributed by atoms with Crippen molar-refractivity contribution in [1.82, 2.24) is 0 Å². The van der Waals surface area contributed by atoms with Gasteiger partial charge >= 0.3 is 23.9 Å². The summed E-state index contributed by atoms with van der Waals surface area (Å²) in [6.07, 6.45) is -14.0. The first-order valence-corrected chi connectivity index (χ1v) is 8.29. The molecule has 0 N–H and O–H groups in total. The van der Waals surface area contributed by atoms with E-state index in [1.165, 1.54) is 6.92 Å². The Morgan fingerprint density at radius 3 is 1.83 bits per heavy atom. The fraction of sp³-hybridized carbons (Fsp3) is 0.368. The average Bonchev–Trinajstić information content (AvgIpc) is 2.60. The Labute approximate surface area is 163 Å². The summed E-state index contributed by atoms with van der Waals surface area (Å²) < 4.78 is 150. The zero-order valence-electron chi connectivity index (χ0n) is 15.3. The van der Waals surface area contributed by atoms with Crippen LogP contribution in [-0.2, 0) is 12.1 Å². The third-order valence-corrected chi connectivity index (χ3v) is 4.52. The average molecular weight is 450 g/mol. The molecule has 0 aliphatic heterocycles. The number of hydrogen-bond donors (Lipinski definition) is 0. The van der Waals surface area contributed by atoms with Crippen molar-refractivity contribution in [2.75, 3.05) is 0 Å². The summed E-state index contributed by atoms with van der Waals surface area (Å²) in [5.74, 6) is -10.4. The van der Waals surface area contributed by atoms with E-state index in [-0.39, 0.29) is 23.6 Å². The zero-order chi connectivity index (χ0) is 23.3. The lowest BCUT2D eigenvalue weighted by molar-refractivity contribution is -0.389. The lowest BCUT2D eigenvalue weighted by Gasteiger charge is -2.38. The highest BCUT2D eigenvalue weighted by molar-refractivity contribution is 5.74. The van der Waals surface area contributed by atoms with E-state index in [0.29, 0.717) is 12.1 Å². The molecule has 0 fully saturated rings. The third-order valence-electron chi connectivity index (χ3n) is 4.52. The molecule has 30 heavy (non-hydrogen) atoms. The van der Waals surface area contributed by atoms with Gasteiger partial charge < -0.3 is 0 Å². The quantitative estimate of drug-likeness (QED) is 0.425. The molecular weight excluding hydrogens is 437 g/mol. The Morgan fingerprint density at radius 2 is 1.37 bits per heavy atom. The summed E-state index contributed by atoms with van der Waals surface area (Å²) in [7, 11) is 0. The van der Waals surface area contributed by atoms with E-state index in [2.05, 4.69) is 0 Å². The van der Waals surface area contributed by atoms with Crippen LogP contribution in [0, 0.1) is 18.6 Å². The number of hydrogen-bond acceptors (Lipinski definition) is 0. The van der Waals surface area contributed by atoms with Gasteiger partial charge in [-0.3, -0.25) is 0 Å². The van der Waals surface area contributed by atoms with E-state index in [1.807, 2.05) is 0 Å². The largest absolute Gasteiger partial charge is 0.457 e. The van der Waals surface area contributed by atoms with Gasteiger partial charge in [0, 0.05) is 11.1 Å². The molecule has 0 nitrogen and oxygen atoms in total. The molecule has 166 valence electrons. The van der Waals surface area contributed by atoms with Crippen LogP contribution < -0.4 is 0 Å². The molecule has 0 radical (unpaired) electrons. The lowest BCUT2D eigenvalue weighted by Crippen LogP contribution is -2.60. The van der Waals surface area contributed by atoms with Crippen molar-refractivity contribution in [3.8, 4) is 11.1 Å². The maximum absolute atomic E-state index is 15.2. The van der Waals surface area contributed by atoms with E-state index >= 15 is 4.39 Å². The molecule has 2 aromatic carbocycles. The maximum atomic E-state index is 15.2. The van der Waals surface area contributed by atoms with E-state index in [1.54, 1.807) is 0 Å². The van der Waals surface area contributed by atoms with Crippen LogP contribution in [0.5, 0.6) is 0 Å². The van der Waals surface area contributed by atoms with Gasteiger partial charge in [-0.25, -0.2) is 13.2 Å². The predicted molar refractivity (Wildman–Crippen MR) is 85.8 cm³/mol. The predicted octanol–water partition coefficient (Wildman–Crippen LogP) is 7.43. The maximum Gasteiger partial charge on any atom is 0.457 e. The summed E-state index contributed by atoms with van der Waals surface area (Å²) in [5, 5.41) is 0. The highest BCUT2D eigenvalue weighted by Gasteiger charge is 2.82. The van der Waals surface area contributed by atoms with Crippen LogP contribution >= 0.6 is 0 Å². The molecule has 0 aliphatic carbocycles. The second-order valence-corrected chi connectivity index (χ2v) is 6.53. The van der Waals surface area contributed by atoms with Crippen LogP contribution in [0.1, 0.15) is 23.6 Å². The zero-order valence-corrected chi connectivity index (χ0v) is 15.3. The van der Waals surface area contributed by atoms with Crippen LogP contribution in [-0.4, -0.2) is 18.3 Å². The molecule has 2 aromatic rings. The number of halogens is 11. The fourth-order valence-electron chi connectivity index (χ4n) is 3.12. The highest BCUT2D eigenvalue weighted by atomic mass is 19.4. The van der Waals surface area contributed by atoms with Crippen LogP contribution in [0.15, 0.2) is 30.3 Å². The smallest absolute Gasteiger partial charge is 0.221 e. The Bertz CT molecular complexity index is 941. The number of aryl methyl sites for hydroxylation is 2. The van der Waals surface area contributed by atoms with E-state index in [0.717, 1.165) is 19.1 Å². The minimum atomic E-state index is -6.94. The molecule has 0 aliphatic rings. The molecule has 0 aromatic heterocycles. The molecule has 0 saturated carbocycles. The Kier molecular flexibility index (Phi) is 5.92. The summed E-state index contributed by atoms with van der Waals surface area (Å²) >= 11 is 0. The standard InChI is InChI=1S/C19H13F11/c1-3-10-7-9(2)8-12(14(10)11-5-4-6-13(20)15(11)21)16(22,18(25,26)27)17(23,24)19(28,29)30/h4-8H,3H2,1-2H3. The topological polar surface area (TPSA) is 0 Å². The molecule has 2 rings (SSSR count). The Hall–Kier alpha value is -2.33. The summed E-state index contributed by atoms with van der Waals surface area (Å²) in [6.45, 7) is 2.31. The SMILES string of the molecule is CCc1cc(C)cc(C(F)(C(F)(F)F)C(F)(F)C(F)(F)F)c1-c1cccc(F)c1F. The minimum Gasteiger partial charge on any atom is -0.221 e. The molecule has 0 amide bonds. The van der Waals surface area contributed by atoms with Gasteiger partial charge in [0.15, 0.2) is 11.6 Å². The minimum absolute atomic E-state index is 0.131. The van der Waals surface area contributed by atoms with Crippen molar-refractivity contribution in [3.05, 3.63) is 58.7 Å². The second-order valence-electron chi connectivity index (χ2n) is 6.53. The van der Waals surface area contributed by atoms with Gasteiger partial charge in [-0.2, -0.15) is 35.1 Å². The number of benzene rings is 2. The van der Waals surface area contributed by atoms with Crippen molar-refractivity contribution >= 4 is 0 Å². The van der Waals surface area contributed by atoms with Gasteiger partial charge in [0.05, 0.1) is 0 Å². The molecule has 11 heteroatoms. The fourth-order valence-corrected chi connectivity index (χ4v) is 3.12. The van der Waals surface area contributed by atoms with Gasteiger partial charge in [0.25, 0.3) is 0 Å². The molecular formula is C19H13F11. The van der Waals surface area contributed by atoms with E-state index < -0.39 is 52.3 Å². The molecule has 0 spiro atoms. The van der Waals surface area contributed by atoms with Crippen molar-refractivity contribution < 1.29 is 48.3 Å². The number of alkyl halides is 9. The second kappa shape index (κ2) is 7.42. The van der Waals surface area contributed by atoms with E-state index in [9.17, 15) is 43.9 Å². The molecule has 0 bridgehead atoms. The van der Waals surface area contributed by atoms with Crippen molar-refractivity contribution in [3.63, 3.8) is 0 Å². The lowest BCUT2D eigenvalue weighted by atomic mass is 9.79. The first kappa shape index (κ1) is 23.9. The van der Waals surface area contributed by atoms with Crippen LogP contribution in [0.2, 0.25) is 0 Å². The summed E-state index contributed by atoms with van der Waals surface area (Å²) in [5.41, 5.74) is -11.4. The normalized spacial score (nSPS) is 15.2. The monoisotopic (exact) mass is 450 g/mol. The first-order valence-electron chi connectivity index (χ1n) is 8.29. The molecule has 1 atom stereocenters. The molecule has 0 saturated heterocycles. The van der Waals surface area contributed by atoms with Gasteiger partial charge in [-0.05, 0) is 30.5 Å². The summed E-state index contributed by atoms with van der Waals surface area (Å²) in [4.78, 5) is 0. The van der Waals surface area contributed by atoms with Crippen LogP contribution in [0.4, 0.5) is 48.3 Å². The Morgan fingerprint density at radius 1 is 0.800 bits per heavy atom. The van der Waals surface area contributed by atoms with Crippen LogP contribution in [0.25, 0.3) is 11.1 Å². The van der Waals surface area contributed by atoms with Gasteiger partial charge in [0.2, 0.25) is 0 Å². The van der Waals surface area contributed by atoms with Gasteiger partial charge in [0.1, 0.15) is 0 Å². The van der Waals surface area contributed by atoms with Crippen molar-refractivity contribution in [1.29, 1.82) is 0 Å². The van der Waals surface area contributed by atoms with Crippen molar-refractivity contribution in [2.24, 2.45) is 0 Å². The van der Waals surface area contributed by atoms with Crippen LogP contribution in [0.3, 0.4) is 0 Å². The Balaban J connectivity index is 3.11. The van der Waals surface area contributed by atoms with Gasteiger partial charge in [-0.1, -0.05) is 36.8 Å². The van der Waals surface area contributed by atoms with E-state index in [4.69, 9.17) is 0 Å². The third kappa shape index (κ3) is 3.51.